The number of nitrogens with two attached hydrogens (primary N) is 1. The number of hydrogen-bond acceptors (Lipinski definition) is 3. The topological polar surface area (TPSA) is 90.3 Å². The molecule has 5 heteroatoms. The van der Waals surface area contributed by atoms with Gasteiger partial charge in [0.05, 0.1) is 17.7 Å². The maximum Gasteiger partial charge on any atom is 0.339 e. The Hall–Kier alpha value is -3.10. The third kappa shape index (κ3) is 4.19. The highest BCUT2D eigenvalue weighted by Crippen LogP contribution is 2.21. The highest BCUT2D eigenvalue weighted by Gasteiger charge is 2.11. The molecule has 0 aliphatic rings. The van der Waals surface area contributed by atoms with Gasteiger partial charge in [-0.15, -0.1) is 0 Å². The van der Waals surface area contributed by atoms with Crippen molar-refractivity contribution in [3.63, 3.8) is 0 Å². The fourth-order valence-corrected chi connectivity index (χ4v) is 2.09. The third-order valence-corrected chi connectivity index (χ3v) is 3.41. The molecular formula is C18H17N3O2. The number of benzene rings is 2. The summed E-state index contributed by atoms with van der Waals surface area (Å²) in [6.07, 6.45) is 3.49. The maximum atomic E-state index is 10.9. The van der Waals surface area contributed by atoms with Gasteiger partial charge in [0.15, 0.2) is 0 Å². The van der Waals surface area contributed by atoms with Gasteiger partial charge in [0.25, 0.3) is 0 Å². The Kier molecular flexibility index (Phi) is 5.13. The van der Waals surface area contributed by atoms with Crippen LogP contribution in [0.1, 0.15) is 18.1 Å². The van der Waals surface area contributed by atoms with Crippen LogP contribution in [-0.2, 0) is 0 Å². The van der Waals surface area contributed by atoms with E-state index in [1.165, 1.54) is 0 Å². The predicted octanol–water partition coefficient (Wildman–Crippen LogP) is 3.40. The van der Waals surface area contributed by atoms with Crippen LogP contribution < -0.4 is 5.73 Å². The first kappa shape index (κ1) is 16.3. The van der Waals surface area contributed by atoms with Crippen LogP contribution in [-0.4, -0.2) is 22.3 Å². The molecule has 1 atom stereocenters. The molecule has 0 aliphatic carbocycles. The molecule has 0 saturated carbocycles. The SMILES string of the molecule is C[C@H](C=Cc1cccc(-c2ccc(C#N)cc2)c1)N(O)C(N)=O. The Morgan fingerprint density at radius 3 is 2.57 bits per heavy atom. The smallest absolute Gasteiger partial charge is 0.339 e. The quantitative estimate of drug-likeness (QED) is 0.670. The summed E-state index contributed by atoms with van der Waals surface area (Å²) in [5.74, 6) is 0. The van der Waals surface area contributed by atoms with E-state index in [9.17, 15) is 10.0 Å². The van der Waals surface area contributed by atoms with Gasteiger partial charge in [-0.2, -0.15) is 10.3 Å². The minimum atomic E-state index is -0.895. The fourth-order valence-electron chi connectivity index (χ4n) is 2.09. The molecule has 2 amide bonds. The molecule has 0 unspecified atom stereocenters. The zero-order valence-corrected chi connectivity index (χ0v) is 12.7. The van der Waals surface area contributed by atoms with E-state index in [4.69, 9.17) is 11.0 Å². The second-order valence-electron chi connectivity index (χ2n) is 5.10. The zero-order chi connectivity index (χ0) is 16.8. The molecule has 0 spiro atoms. The lowest BCUT2D eigenvalue weighted by Crippen LogP contribution is -2.38. The van der Waals surface area contributed by atoms with Crippen LogP contribution in [0.15, 0.2) is 54.6 Å². The van der Waals surface area contributed by atoms with E-state index in [1.807, 2.05) is 42.5 Å². The molecule has 0 saturated heterocycles. The minimum absolute atomic E-state index is 0.473. The molecule has 0 aromatic heterocycles. The number of urea groups is 1. The van der Waals surface area contributed by atoms with Crippen molar-refractivity contribution in [3.8, 4) is 17.2 Å². The van der Waals surface area contributed by atoms with Gasteiger partial charge in [0, 0.05) is 0 Å². The first-order chi connectivity index (χ1) is 11.0. The van der Waals surface area contributed by atoms with Crippen molar-refractivity contribution in [2.24, 2.45) is 5.73 Å². The molecule has 3 N–H and O–H groups in total. The lowest BCUT2D eigenvalue weighted by molar-refractivity contribution is -0.0560. The van der Waals surface area contributed by atoms with Crippen molar-refractivity contribution in [3.05, 3.63) is 65.7 Å². The van der Waals surface area contributed by atoms with Gasteiger partial charge in [-0.3, -0.25) is 5.21 Å². The molecule has 2 rings (SSSR count). The summed E-state index contributed by atoms with van der Waals surface area (Å²) < 4.78 is 0. The average molecular weight is 307 g/mol. The normalized spacial score (nSPS) is 11.9. The number of primary amides is 1. The van der Waals surface area contributed by atoms with Crippen LogP contribution in [0.4, 0.5) is 4.79 Å². The number of carbonyl (C=O) groups excluding carboxylic acids is 1. The molecule has 0 fully saturated rings. The standard InChI is InChI=1S/C18H17N3O2/c1-13(21(23)18(20)22)5-6-14-3-2-4-17(11-14)16-9-7-15(12-19)8-10-16/h2-11,13,23H,1H3,(H2,20,22)/t13-/m1/s1. The molecule has 23 heavy (non-hydrogen) atoms. The van der Waals surface area contributed by atoms with E-state index >= 15 is 0 Å². The minimum Gasteiger partial charge on any atom is -0.350 e. The summed E-state index contributed by atoms with van der Waals surface area (Å²) in [6.45, 7) is 1.66. The van der Waals surface area contributed by atoms with E-state index in [0.717, 1.165) is 16.7 Å². The van der Waals surface area contributed by atoms with Crippen molar-refractivity contribution in [1.29, 1.82) is 5.26 Å². The van der Waals surface area contributed by atoms with Crippen LogP contribution >= 0.6 is 0 Å². The summed E-state index contributed by atoms with van der Waals surface area (Å²) in [4.78, 5) is 10.9. The van der Waals surface area contributed by atoms with Gasteiger partial charge >= 0.3 is 6.03 Å². The highest BCUT2D eigenvalue weighted by atomic mass is 16.5. The van der Waals surface area contributed by atoms with E-state index in [-0.39, 0.29) is 0 Å². The molecule has 0 heterocycles. The van der Waals surface area contributed by atoms with Crippen molar-refractivity contribution < 1.29 is 10.0 Å². The second kappa shape index (κ2) is 7.25. The summed E-state index contributed by atoms with van der Waals surface area (Å²) in [6, 6.07) is 15.8. The molecule has 116 valence electrons. The van der Waals surface area contributed by atoms with Gasteiger partial charge in [-0.1, -0.05) is 42.5 Å². The number of nitrogens with zero attached hydrogens (tertiary/aromatic N) is 2. The Bertz CT molecular complexity index is 761. The highest BCUT2D eigenvalue weighted by molar-refractivity contribution is 5.71. The van der Waals surface area contributed by atoms with Gasteiger partial charge in [0.1, 0.15) is 0 Å². The number of rotatable bonds is 4. The summed E-state index contributed by atoms with van der Waals surface area (Å²) in [5.41, 5.74) is 8.58. The lowest BCUT2D eigenvalue weighted by Gasteiger charge is -2.16. The Balaban J connectivity index is 2.19. The largest absolute Gasteiger partial charge is 0.350 e. The second-order valence-corrected chi connectivity index (χ2v) is 5.10. The zero-order valence-electron chi connectivity index (χ0n) is 12.7. The average Bonchev–Trinajstić information content (AvgIpc) is 2.59. The number of amides is 2. The third-order valence-electron chi connectivity index (χ3n) is 3.41. The van der Waals surface area contributed by atoms with Crippen LogP contribution in [0.2, 0.25) is 0 Å². The van der Waals surface area contributed by atoms with Crippen LogP contribution in [0.3, 0.4) is 0 Å². The predicted molar refractivity (Wildman–Crippen MR) is 88.3 cm³/mol. The first-order valence-electron chi connectivity index (χ1n) is 7.07. The molecule has 0 bridgehead atoms. The van der Waals surface area contributed by atoms with Gasteiger partial charge in [0.2, 0.25) is 0 Å². The van der Waals surface area contributed by atoms with Crippen molar-refractivity contribution in [2.75, 3.05) is 0 Å². The van der Waals surface area contributed by atoms with E-state index in [2.05, 4.69) is 6.07 Å². The van der Waals surface area contributed by atoms with E-state index in [0.29, 0.717) is 10.6 Å². The van der Waals surface area contributed by atoms with Crippen LogP contribution in [0, 0.1) is 11.3 Å². The molecule has 0 aliphatic heterocycles. The van der Waals surface area contributed by atoms with E-state index < -0.39 is 12.1 Å². The number of carbonyl (C=O) groups is 1. The molecule has 2 aromatic rings. The first-order valence-corrected chi connectivity index (χ1v) is 7.07. The summed E-state index contributed by atoms with van der Waals surface area (Å²) >= 11 is 0. The fraction of sp³-hybridized carbons (Fsp3) is 0.111. The van der Waals surface area contributed by atoms with Crippen LogP contribution in [0.5, 0.6) is 0 Å². The van der Waals surface area contributed by atoms with Crippen molar-refractivity contribution >= 4 is 12.1 Å². The molecular weight excluding hydrogens is 290 g/mol. The van der Waals surface area contributed by atoms with Crippen molar-refractivity contribution in [1.82, 2.24) is 5.06 Å². The van der Waals surface area contributed by atoms with Gasteiger partial charge < -0.3 is 5.73 Å². The number of hydrogen-bond donors (Lipinski definition) is 2. The number of nitriles is 1. The Labute approximate surface area is 134 Å². The van der Waals surface area contributed by atoms with Crippen LogP contribution in [0.25, 0.3) is 17.2 Å². The summed E-state index contributed by atoms with van der Waals surface area (Å²) in [5, 5.41) is 18.7. The summed E-state index contributed by atoms with van der Waals surface area (Å²) in [7, 11) is 0. The van der Waals surface area contributed by atoms with Crippen molar-refractivity contribution in [2.45, 2.75) is 13.0 Å². The molecule has 5 nitrogen and oxygen atoms in total. The Morgan fingerprint density at radius 1 is 1.26 bits per heavy atom. The molecule has 2 aromatic carbocycles. The Morgan fingerprint density at radius 2 is 1.96 bits per heavy atom. The lowest BCUT2D eigenvalue weighted by atomic mass is 10.0. The maximum absolute atomic E-state index is 10.9. The van der Waals surface area contributed by atoms with E-state index in [1.54, 1.807) is 25.1 Å². The van der Waals surface area contributed by atoms with Gasteiger partial charge in [-0.25, -0.2) is 4.79 Å². The monoisotopic (exact) mass is 307 g/mol. The van der Waals surface area contributed by atoms with Gasteiger partial charge in [-0.05, 0) is 41.8 Å². The molecule has 0 radical (unpaired) electrons. The number of hydroxylamine groups is 2.